The molecule has 7 nitrogen and oxygen atoms in total. The van der Waals surface area contributed by atoms with E-state index in [4.69, 9.17) is 9.47 Å². The lowest BCUT2D eigenvalue weighted by molar-refractivity contribution is -0.0586. The first-order valence-electron chi connectivity index (χ1n) is 9.50. The molecule has 2 N–H and O–H groups in total. The third-order valence-electron chi connectivity index (χ3n) is 4.41. The van der Waals surface area contributed by atoms with Crippen LogP contribution in [0.3, 0.4) is 0 Å². The van der Waals surface area contributed by atoms with Gasteiger partial charge in [-0.05, 0) is 38.0 Å². The van der Waals surface area contributed by atoms with Crippen molar-refractivity contribution in [3.05, 3.63) is 35.4 Å². The molecule has 2 rings (SSSR count). The highest BCUT2D eigenvalue weighted by Gasteiger charge is 2.26. The third kappa shape index (κ3) is 7.92. The molecule has 158 valence electrons. The van der Waals surface area contributed by atoms with Crippen LogP contribution in [0.15, 0.2) is 29.3 Å². The number of ether oxygens (including phenoxy) is 2. The summed E-state index contributed by atoms with van der Waals surface area (Å²) < 4.78 is 10.7. The van der Waals surface area contributed by atoms with Crippen LogP contribution in [0.4, 0.5) is 0 Å². The summed E-state index contributed by atoms with van der Waals surface area (Å²) in [5.41, 5.74) is 1.80. The monoisotopic (exact) mass is 504 g/mol. The average molecular weight is 504 g/mol. The van der Waals surface area contributed by atoms with Crippen LogP contribution in [0.2, 0.25) is 0 Å². The van der Waals surface area contributed by atoms with Crippen molar-refractivity contribution < 1.29 is 14.3 Å². The van der Waals surface area contributed by atoms with E-state index < -0.39 is 0 Å². The number of methoxy groups -OCH3 is 1. The van der Waals surface area contributed by atoms with Crippen molar-refractivity contribution in [1.82, 2.24) is 15.5 Å². The van der Waals surface area contributed by atoms with Gasteiger partial charge in [0.05, 0.1) is 12.2 Å². The quantitative estimate of drug-likeness (QED) is 0.258. The Kier molecular flexibility index (Phi) is 11.4. The van der Waals surface area contributed by atoms with E-state index in [1.54, 1.807) is 14.2 Å². The first-order valence-corrected chi connectivity index (χ1v) is 9.50. The van der Waals surface area contributed by atoms with Gasteiger partial charge in [-0.1, -0.05) is 12.1 Å². The van der Waals surface area contributed by atoms with Gasteiger partial charge in [0.25, 0.3) is 5.91 Å². The topological polar surface area (TPSA) is 75.2 Å². The highest BCUT2D eigenvalue weighted by molar-refractivity contribution is 14.0. The lowest BCUT2D eigenvalue weighted by Crippen LogP contribution is -2.48. The maximum absolute atomic E-state index is 12.7. The van der Waals surface area contributed by atoms with Crippen molar-refractivity contribution in [2.24, 2.45) is 4.99 Å². The smallest absolute Gasteiger partial charge is 0.254 e. The average Bonchev–Trinajstić information content (AvgIpc) is 2.66. The van der Waals surface area contributed by atoms with E-state index in [2.05, 4.69) is 15.6 Å². The van der Waals surface area contributed by atoms with Crippen molar-refractivity contribution >= 4 is 35.8 Å². The Bertz CT molecular complexity index is 614. The van der Waals surface area contributed by atoms with Gasteiger partial charge in [-0.2, -0.15) is 0 Å². The van der Waals surface area contributed by atoms with Gasteiger partial charge in [0.2, 0.25) is 0 Å². The summed E-state index contributed by atoms with van der Waals surface area (Å²) in [6.07, 6.45) is 1.07. The summed E-state index contributed by atoms with van der Waals surface area (Å²) in [6.45, 7) is 7.44. The minimum atomic E-state index is 0. The summed E-state index contributed by atoms with van der Waals surface area (Å²) in [5, 5.41) is 6.51. The van der Waals surface area contributed by atoms with E-state index in [1.807, 2.05) is 43.0 Å². The lowest BCUT2D eigenvalue weighted by atomic mass is 10.1. The summed E-state index contributed by atoms with van der Waals surface area (Å²) >= 11 is 0. The number of nitrogens with zero attached hydrogens (tertiary/aromatic N) is 2. The molecular weight excluding hydrogens is 471 g/mol. The molecule has 1 aromatic carbocycles. The highest BCUT2D eigenvalue weighted by Crippen LogP contribution is 2.15. The number of halogens is 1. The summed E-state index contributed by atoms with van der Waals surface area (Å²) in [6, 6.07) is 7.73. The minimum Gasteiger partial charge on any atom is -0.385 e. The van der Waals surface area contributed by atoms with Gasteiger partial charge in [-0.25, -0.2) is 0 Å². The Morgan fingerprint density at radius 2 is 1.86 bits per heavy atom. The van der Waals surface area contributed by atoms with Crippen molar-refractivity contribution in [2.45, 2.75) is 39.0 Å². The number of hydrogen-bond donors (Lipinski definition) is 2. The fraction of sp³-hybridized carbons (Fsp3) is 0.600. The van der Waals surface area contributed by atoms with Gasteiger partial charge in [0.1, 0.15) is 0 Å². The standard InChI is InChI=1S/C20H32N4O3.HI/c1-15-13-24(14-16(2)27-15)19(25)18-8-6-17(7-9-18)12-23-20(21-3)22-10-5-11-26-4;/h6-9,15-16H,5,10-14H2,1-4H3,(H2,21,22,23);1H. The van der Waals surface area contributed by atoms with Crippen molar-refractivity contribution in [3.63, 3.8) is 0 Å². The zero-order valence-electron chi connectivity index (χ0n) is 17.2. The highest BCUT2D eigenvalue weighted by atomic mass is 127. The SMILES string of the molecule is CN=C(NCCCOC)NCc1ccc(C(=O)N2CC(C)OC(C)C2)cc1.I. The molecule has 2 atom stereocenters. The van der Waals surface area contributed by atoms with E-state index in [1.165, 1.54) is 0 Å². The molecular formula is C20H33IN4O3. The second kappa shape index (κ2) is 12.9. The Balaban J connectivity index is 0.00000392. The number of carbonyl (C=O) groups is 1. The largest absolute Gasteiger partial charge is 0.385 e. The van der Waals surface area contributed by atoms with Crippen LogP contribution < -0.4 is 10.6 Å². The van der Waals surface area contributed by atoms with Gasteiger partial charge < -0.3 is 25.0 Å². The molecule has 0 aliphatic carbocycles. The molecule has 28 heavy (non-hydrogen) atoms. The molecule has 1 aromatic rings. The number of rotatable bonds is 7. The van der Waals surface area contributed by atoms with Crippen LogP contribution in [0, 0.1) is 0 Å². The van der Waals surface area contributed by atoms with E-state index >= 15 is 0 Å². The van der Waals surface area contributed by atoms with E-state index in [0.717, 1.165) is 31.1 Å². The maximum Gasteiger partial charge on any atom is 0.254 e. The predicted octanol–water partition coefficient (Wildman–Crippen LogP) is 2.26. The van der Waals surface area contributed by atoms with E-state index in [0.29, 0.717) is 25.2 Å². The third-order valence-corrected chi connectivity index (χ3v) is 4.41. The molecule has 1 saturated heterocycles. The van der Waals surface area contributed by atoms with Crippen LogP contribution in [-0.4, -0.2) is 69.4 Å². The molecule has 1 amide bonds. The lowest BCUT2D eigenvalue weighted by Gasteiger charge is -2.35. The van der Waals surface area contributed by atoms with Gasteiger partial charge in [-0.15, -0.1) is 24.0 Å². The van der Waals surface area contributed by atoms with E-state index in [-0.39, 0.29) is 42.1 Å². The fourth-order valence-corrected chi connectivity index (χ4v) is 3.12. The molecule has 0 spiro atoms. The first-order chi connectivity index (χ1) is 13.0. The van der Waals surface area contributed by atoms with Crippen LogP contribution in [0.5, 0.6) is 0 Å². The Labute approximate surface area is 185 Å². The number of nitrogens with one attached hydrogen (secondary N) is 2. The van der Waals surface area contributed by atoms with Crippen LogP contribution in [0.1, 0.15) is 36.2 Å². The molecule has 1 fully saturated rings. The molecule has 0 radical (unpaired) electrons. The van der Waals surface area contributed by atoms with Crippen molar-refractivity contribution in [1.29, 1.82) is 0 Å². The number of morpholine rings is 1. The minimum absolute atomic E-state index is 0. The molecule has 8 heteroatoms. The van der Waals surface area contributed by atoms with Crippen LogP contribution in [-0.2, 0) is 16.0 Å². The predicted molar refractivity (Wildman–Crippen MR) is 122 cm³/mol. The Hall–Kier alpha value is -1.39. The fourth-order valence-electron chi connectivity index (χ4n) is 3.12. The zero-order chi connectivity index (χ0) is 19.6. The number of guanidine groups is 1. The normalized spacial score (nSPS) is 19.7. The number of hydrogen-bond acceptors (Lipinski definition) is 4. The number of aliphatic imine (C=N–C) groups is 1. The molecule has 0 bridgehead atoms. The van der Waals surface area contributed by atoms with Gasteiger partial charge >= 0.3 is 0 Å². The van der Waals surface area contributed by atoms with Crippen LogP contribution >= 0.6 is 24.0 Å². The Morgan fingerprint density at radius 1 is 1.21 bits per heavy atom. The van der Waals surface area contributed by atoms with Crippen molar-refractivity contribution in [2.75, 3.05) is 40.4 Å². The maximum atomic E-state index is 12.7. The first kappa shape index (κ1) is 24.6. The summed E-state index contributed by atoms with van der Waals surface area (Å²) in [7, 11) is 3.44. The summed E-state index contributed by atoms with van der Waals surface area (Å²) in [4.78, 5) is 18.8. The molecule has 0 saturated carbocycles. The second-order valence-corrected chi connectivity index (χ2v) is 6.86. The molecule has 1 heterocycles. The number of benzene rings is 1. The number of carbonyl (C=O) groups excluding carboxylic acids is 1. The Morgan fingerprint density at radius 3 is 2.43 bits per heavy atom. The molecule has 0 aromatic heterocycles. The van der Waals surface area contributed by atoms with Gasteiger partial charge in [-0.3, -0.25) is 9.79 Å². The van der Waals surface area contributed by atoms with Crippen LogP contribution in [0.25, 0.3) is 0 Å². The zero-order valence-corrected chi connectivity index (χ0v) is 19.6. The van der Waals surface area contributed by atoms with Crippen molar-refractivity contribution in [3.8, 4) is 0 Å². The van der Waals surface area contributed by atoms with Gasteiger partial charge in [0, 0.05) is 52.5 Å². The second-order valence-electron chi connectivity index (χ2n) is 6.86. The molecule has 1 aliphatic rings. The van der Waals surface area contributed by atoms with E-state index in [9.17, 15) is 4.79 Å². The summed E-state index contributed by atoms with van der Waals surface area (Å²) in [5.74, 6) is 0.815. The molecule has 2 unspecified atom stereocenters. The molecule has 1 aliphatic heterocycles. The number of amides is 1. The van der Waals surface area contributed by atoms with Gasteiger partial charge in [0.15, 0.2) is 5.96 Å².